The van der Waals surface area contributed by atoms with Crippen molar-refractivity contribution in [3.8, 4) is 0 Å². The van der Waals surface area contributed by atoms with E-state index in [4.69, 9.17) is 4.42 Å². The lowest BCUT2D eigenvalue weighted by Gasteiger charge is -2.20. The van der Waals surface area contributed by atoms with E-state index in [2.05, 4.69) is 5.10 Å². The zero-order chi connectivity index (χ0) is 19.1. The van der Waals surface area contributed by atoms with Crippen molar-refractivity contribution < 1.29 is 9.21 Å². The highest BCUT2D eigenvalue weighted by molar-refractivity contribution is 7.12. The van der Waals surface area contributed by atoms with Crippen molar-refractivity contribution in [1.82, 2.24) is 9.58 Å². The van der Waals surface area contributed by atoms with E-state index in [0.29, 0.717) is 17.5 Å². The Balaban J connectivity index is 1.50. The first-order valence-electron chi connectivity index (χ1n) is 8.76. The fourth-order valence-electron chi connectivity index (χ4n) is 3.41. The lowest BCUT2D eigenvalue weighted by Crippen LogP contribution is -2.32. The van der Waals surface area contributed by atoms with Crippen LogP contribution in [-0.4, -0.2) is 21.2 Å². The summed E-state index contributed by atoms with van der Waals surface area (Å²) in [5.74, 6) is -0.775. The van der Waals surface area contributed by atoms with Crippen molar-refractivity contribution in [1.29, 1.82) is 0 Å². The molecule has 8 heteroatoms. The number of hydrazone groups is 1. The van der Waals surface area contributed by atoms with Crippen LogP contribution in [0.15, 0.2) is 73.6 Å². The molecule has 3 aromatic heterocycles. The molecular formula is C20H15N3O3S2. The number of carbonyl (C=O) groups excluding carboxylic acids is 1. The maximum atomic E-state index is 13.2. The molecule has 0 bridgehead atoms. The number of nitrogens with zero attached hydrogens (tertiary/aromatic N) is 3. The van der Waals surface area contributed by atoms with Crippen LogP contribution in [0.4, 0.5) is 0 Å². The van der Waals surface area contributed by atoms with Gasteiger partial charge in [-0.15, -0.1) is 22.7 Å². The predicted octanol–water partition coefficient (Wildman–Crippen LogP) is 4.10. The normalized spacial score (nSPS) is 16.6. The minimum Gasteiger partial charge on any atom is -0.408 e. The molecule has 1 aliphatic heterocycles. The molecule has 28 heavy (non-hydrogen) atoms. The maximum absolute atomic E-state index is 13.2. The number of aromatic nitrogens is 1. The van der Waals surface area contributed by atoms with Crippen LogP contribution < -0.4 is 5.76 Å². The van der Waals surface area contributed by atoms with Crippen molar-refractivity contribution in [2.45, 2.75) is 19.0 Å². The van der Waals surface area contributed by atoms with Crippen molar-refractivity contribution in [3.05, 3.63) is 79.6 Å². The van der Waals surface area contributed by atoms with Crippen molar-refractivity contribution >= 4 is 45.4 Å². The molecule has 4 heterocycles. The molecule has 0 radical (unpaired) electrons. The highest BCUT2D eigenvalue weighted by atomic mass is 32.1. The van der Waals surface area contributed by atoms with E-state index in [0.717, 1.165) is 15.5 Å². The van der Waals surface area contributed by atoms with E-state index in [1.807, 2.05) is 41.1 Å². The highest BCUT2D eigenvalue weighted by Crippen LogP contribution is 2.36. The number of fused-ring (bicyclic) bond motifs is 1. The first-order chi connectivity index (χ1) is 13.7. The van der Waals surface area contributed by atoms with Gasteiger partial charge in [0.15, 0.2) is 5.58 Å². The Morgan fingerprint density at radius 2 is 1.93 bits per heavy atom. The van der Waals surface area contributed by atoms with Gasteiger partial charge in [0.25, 0.3) is 5.91 Å². The predicted molar refractivity (Wildman–Crippen MR) is 110 cm³/mol. The zero-order valence-corrected chi connectivity index (χ0v) is 16.3. The number of para-hydroxylation sites is 2. The van der Waals surface area contributed by atoms with Gasteiger partial charge in [-0.2, -0.15) is 5.10 Å². The van der Waals surface area contributed by atoms with Crippen molar-refractivity contribution in [3.63, 3.8) is 0 Å². The molecule has 0 unspecified atom stereocenters. The van der Waals surface area contributed by atoms with E-state index < -0.39 is 5.76 Å². The van der Waals surface area contributed by atoms with E-state index in [1.54, 1.807) is 40.9 Å². The molecule has 1 aliphatic rings. The lowest BCUT2D eigenvalue weighted by atomic mass is 10.1. The molecular weight excluding hydrogens is 394 g/mol. The molecule has 0 saturated carbocycles. The molecule has 6 nitrogen and oxygen atoms in total. The summed E-state index contributed by atoms with van der Waals surface area (Å²) in [5.41, 5.74) is 1.97. The van der Waals surface area contributed by atoms with Gasteiger partial charge < -0.3 is 4.42 Å². The first-order valence-corrected chi connectivity index (χ1v) is 10.5. The topological polar surface area (TPSA) is 67.8 Å². The van der Waals surface area contributed by atoms with Crippen LogP contribution in [0.2, 0.25) is 0 Å². The smallest absolute Gasteiger partial charge is 0.408 e. The molecule has 140 valence electrons. The maximum Gasteiger partial charge on any atom is 0.420 e. The minimum absolute atomic E-state index is 0.112. The number of amides is 1. The SMILES string of the molecule is O=C(Cn1c(=O)oc2ccccc21)N1N=C(c2cccs2)C[C@@H]1c1cccs1. The summed E-state index contributed by atoms with van der Waals surface area (Å²) in [7, 11) is 0. The van der Waals surface area contributed by atoms with E-state index in [-0.39, 0.29) is 18.5 Å². The molecule has 0 N–H and O–H groups in total. The summed E-state index contributed by atoms with van der Waals surface area (Å²) in [6.45, 7) is -0.112. The third kappa shape index (κ3) is 2.90. The third-order valence-electron chi connectivity index (χ3n) is 4.71. The quantitative estimate of drug-likeness (QED) is 0.510. The van der Waals surface area contributed by atoms with Crippen molar-refractivity contribution in [2.75, 3.05) is 0 Å². The molecule has 4 aromatic rings. The molecule has 1 atom stereocenters. The average molecular weight is 409 g/mol. The van der Waals surface area contributed by atoms with Gasteiger partial charge in [0.05, 0.1) is 22.1 Å². The van der Waals surface area contributed by atoms with Gasteiger partial charge in [0.2, 0.25) is 0 Å². The zero-order valence-electron chi connectivity index (χ0n) is 14.6. The monoisotopic (exact) mass is 409 g/mol. The number of benzene rings is 1. The fraction of sp³-hybridized carbons (Fsp3) is 0.150. The summed E-state index contributed by atoms with van der Waals surface area (Å²) in [6, 6.07) is 14.9. The Labute approximate surface area is 167 Å². The molecule has 0 spiro atoms. The molecule has 0 saturated heterocycles. The second-order valence-corrected chi connectivity index (χ2v) is 8.35. The third-order valence-corrected chi connectivity index (χ3v) is 6.60. The Bertz CT molecular complexity index is 1220. The van der Waals surface area contributed by atoms with Gasteiger partial charge in [-0.3, -0.25) is 9.36 Å². The second kappa shape index (κ2) is 6.88. The minimum atomic E-state index is -0.538. The van der Waals surface area contributed by atoms with Crippen LogP contribution in [0, 0.1) is 0 Å². The Morgan fingerprint density at radius 1 is 1.11 bits per heavy atom. The average Bonchev–Trinajstić information content (AvgIpc) is 3.48. The fourth-order valence-corrected chi connectivity index (χ4v) is 4.94. The van der Waals surface area contributed by atoms with Crippen LogP contribution in [0.1, 0.15) is 22.2 Å². The molecule has 1 aromatic carbocycles. The van der Waals surface area contributed by atoms with Crippen molar-refractivity contribution in [2.24, 2.45) is 5.10 Å². The van der Waals surface area contributed by atoms with Gasteiger partial charge in [-0.1, -0.05) is 24.3 Å². The number of carbonyl (C=O) groups is 1. The van der Waals surface area contributed by atoms with Crippen LogP contribution in [0.25, 0.3) is 11.1 Å². The Hall–Kier alpha value is -2.97. The summed E-state index contributed by atoms with van der Waals surface area (Å²) in [4.78, 5) is 27.5. The van der Waals surface area contributed by atoms with Gasteiger partial charge in [0, 0.05) is 11.3 Å². The van der Waals surface area contributed by atoms with Crippen LogP contribution >= 0.6 is 22.7 Å². The number of hydrogen-bond donors (Lipinski definition) is 0. The number of hydrogen-bond acceptors (Lipinski definition) is 6. The van der Waals surface area contributed by atoms with E-state index in [9.17, 15) is 9.59 Å². The van der Waals surface area contributed by atoms with Crippen LogP contribution in [0.3, 0.4) is 0 Å². The number of thiophene rings is 2. The van der Waals surface area contributed by atoms with Crippen LogP contribution in [-0.2, 0) is 11.3 Å². The molecule has 1 amide bonds. The second-order valence-electron chi connectivity index (χ2n) is 6.42. The van der Waals surface area contributed by atoms with Gasteiger partial charge in [-0.05, 0) is 35.0 Å². The standard InChI is InChI=1S/C20H15N3O3S2/c24-19(12-22-14-5-1-2-6-16(14)26-20(22)25)23-15(18-8-4-10-28-18)11-13(21-23)17-7-3-9-27-17/h1-10,15H,11-12H2/t15-/m1/s1. The van der Waals surface area contributed by atoms with Crippen LogP contribution in [0.5, 0.6) is 0 Å². The van der Waals surface area contributed by atoms with Gasteiger partial charge in [-0.25, -0.2) is 9.80 Å². The molecule has 0 aliphatic carbocycles. The largest absolute Gasteiger partial charge is 0.420 e. The van der Waals surface area contributed by atoms with E-state index >= 15 is 0 Å². The summed E-state index contributed by atoms with van der Waals surface area (Å²) in [6.07, 6.45) is 0.661. The number of oxazole rings is 1. The summed E-state index contributed by atoms with van der Waals surface area (Å²) >= 11 is 3.21. The highest BCUT2D eigenvalue weighted by Gasteiger charge is 2.34. The summed E-state index contributed by atoms with van der Waals surface area (Å²) in [5, 5.41) is 10.1. The Morgan fingerprint density at radius 3 is 2.71 bits per heavy atom. The number of rotatable bonds is 4. The molecule has 5 rings (SSSR count). The first kappa shape index (κ1) is 17.2. The lowest BCUT2D eigenvalue weighted by molar-refractivity contribution is -0.133. The van der Waals surface area contributed by atoms with E-state index in [1.165, 1.54) is 9.58 Å². The van der Waals surface area contributed by atoms with Gasteiger partial charge in [0.1, 0.15) is 6.54 Å². The van der Waals surface area contributed by atoms with Gasteiger partial charge >= 0.3 is 5.76 Å². The Kier molecular flexibility index (Phi) is 4.22. The summed E-state index contributed by atoms with van der Waals surface area (Å²) < 4.78 is 6.61. The molecule has 0 fully saturated rings.